The van der Waals surface area contributed by atoms with E-state index in [1.807, 2.05) is 6.07 Å². The Kier molecular flexibility index (Phi) is 6.21. The summed E-state index contributed by atoms with van der Waals surface area (Å²) < 4.78 is 5.63. The number of carbonyl (C=O) groups is 1. The van der Waals surface area contributed by atoms with Crippen LogP contribution in [0, 0.1) is 28.4 Å². The van der Waals surface area contributed by atoms with Gasteiger partial charge in [0, 0.05) is 34.5 Å². The number of carbonyl (C=O) groups excluding carboxylic acids is 1. The van der Waals surface area contributed by atoms with Crippen molar-refractivity contribution in [3.63, 3.8) is 0 Å². The van der Waals surface area contributed by atoms with Crippen molar-refractivity contribution in [1.82, 2.24) is 0 Å². The zero-order valence-corrected chi connectivity index (χ0v) is 17.0. The fraction of sp³-hybridized carbons (Fsp3) is 0.0476. The minimum atomic E-state index is -0.630. The quantitative estimate of drug-likeness (QED) is 0.225. The third-order valence-corrected chi connectivity index (χ3v) is 4.72. The first-order chi connectivity index (χ1) is 14.3. The maximum Gasteiger partial charge on any atom is 0.270 e. The number of hydrogen-bond donors (Lipinski definition) is 1. The summed E-state index contributed by atoms with van der Waals surface area (Å²) in [5.41, 5.74) is 1.25. The van der Waals surface area contributed by atoms with E-state index in [2.05, 4.69) is 5.32 Å². The van der Waals surface area contributed by atoms with E-state index >= 15 is 0 Å². The van der Waals surface area contributed by atoms with Gasteiger partial charge in [0.25, 0.3) is 11.6 Å². The van der Waals surface area contributed by atoms with E-state index in [9.17, 15) is 20.2 Å². The van der Waals surface area contributed by atoms with Gasteiger partial charge in [-0.2, -0.15) is 5.26 Å². The predicted octanol–water partition coefficient (Wildman–Crippen LogP) is 6.02. The number of furan rings is 1. The van der Waals surface area contributed by atoms with Gasteiger partial charge in [-0.15, -0.1) is 0 Å². The number of halogens is 2. The predicted molar refractivity (Wildman–Crippen MR) is 114 cm³/mol. The topological polar surface area (TPSA) is 109 Å². The first-order valence-electron chi connectivity index (χ1n) is 8.52. The summed E-state index contributed by atoms with van der Waals surface area (Å²) in [6, 6.07) is 13.9. The highest BCUT2D eigenvalue weighted by atomic mass is 35.5. The Morgan fingerprint density at radius 3 is 2.67 bits per heavy atom. The summed E-state index contributed by atoms with van der Waals surface area (Å²) in [6.45, 7) is 1.79. The van der Waals surface area contributed by atoms with Crippen LogP contribution < -0.4 is 5.32 Å². The molecule has 2 aromatic carbocycles. The van der Waals surface area contributed by atoms with Gasteiger partial charge in [-0.1, -0.05) is 29.3 Å². The minimum absolute atomic E-state index is 0.142. The highest BCUT2D eigenvalue weighted by molar-refractivity contribution is 6.33. The Morgan fingerprint density at radius 1 is 1.20 bits per heavy atom. The van der Waals surface area contributed by atoms with Crippen LogP contribution in [-0.4, -0.2) is 10.8 Å². The van der Waals surface area contributed by atoms with Crippen molar-refractivity contribution in [2.45, 2.75) is 6.92 Å². The number of nitrogens with zero attached hydrogens (tertiary/aromatic N) is 2. The second-order valence-electron chi connectivity index (χ2n) is 6.21. The molecule has 0 spiro atoms. The van der Waals surface area contributed by atoms with Crippen LogP contribution >= 0.6 is 23.2 Å². The first kappa shape index (κ1) is 21.1. The van der Waals surface area contributed by atoms with Crippen molar-refractivity contribution in [2.75, 3.05) is 5.32 Å². The summed E-state index contributed by atoms with van der Waals surface area (Å²) in [6.07, 6.45) is 1.27. The Labute approximate surface area is 181 Å². The molecule has 30 heavy (non-hydrogen) atoms. The monoisotopic (exact) mass is 441 g/mol. The number of nitro groups is 1. The van der Waals surface area contributed by atoms with Crippen molar-refractivity contribution in [2.24, 2.45) is 0 Å². The smallest absolute Gasteiger partial charge is 0.270 e. The molecule has 3 aromatic rings. The molecule has 0 saturated heterocycles. The summed E-state index contributed by atoms with van der Waals surface area (Å²) in [7, 11) is 0. The lowest BCUT2D eigenvalue weighted by Gasteiger charge is -2.08. The van der Waals surface area contributed by atoms with E-state index in [4.69, 9.17) is 27.6 Å². The zero-order chi connectivity index (χ0) is 21.8. The van der Waals surface area contributed by atoms with Crippen molar-refractivity contribution in [3.8, 4) is 17.4 Å². The van der Waals surface area contributed by atoms with E-state index in [0.717, 1.165) is 5.56 Å². The number of anilines is 1. The lowest BCUT2D eigenvalue weighted by atomic mass is 10.1. The Morgan fingerprint density at radius 2 is 1.97 bits per heavy atom. The lowest BCUT2D eigenvalue weighted by Crippen LogP contribution is -2.14. The Balaban J connectivity index is 1.88. The second-order valence-corrected chi connectivity index (χ2v) is 7.05. The molecule has 1 aromatic heterocycles. The van der Waals surface area contributed by atoms with E-state index in [1.165, 1.54) is 30.3 Å². The standard InChI is InChI=1S/C21H13Cl2N3O4/c1-12-2-3-14(22)9-19(12)25-21(27)13(11-24)8-16-5-7-20(30-16)17-10-15(26(28)29)4-6-18(17)23/h2-10H,1H3,(H,25,27)/b13-8+. The molecule has 0 aliphatic heterocycles. The highest BCUT2D eigenvalue weighted by Crippen LogP contribution is 2.33. The Hall–Kier alpha value is -3.60. The third kappa shape index (κ3) is 4.69. The molecule has 0 atom stereocenters. The summed E-state index contributed by atoms with van der Waals surface area (Å²) in [5, 5.41) is 23.7. The van der Waals surface area contributed by atoms with Crippen molar-refractivity contribution >= 4 is 46.6 Å². The molecule has 0 fully saturated rings. The van der Waals surface area contributed by atoms with Gasteiger partial charge in [-0.3, -0.25) is 14.9 Å². The molecule has 9 heteroatoms. The summed E-state index contributed by atoms with van der Waals surface area (Å²) in [4.78, 5) is 22.9. The normalized spacial score (nSPS) is 11.1. The Bertz CT molecular complexity index is 1230. The van der Waals surface area contributed by atoms with Gasteiger partial charge < -0.3 is 9.73 Å². The molecule has 1 heterocycles. The molecule has 0 unspecified atom stereocenters. The van der Waals surface area contributed by atoms with Gasteiger partial charge in [-0.05, 0) is 42.8 Å². The molecular formula is C21H13Cl2N3O4. The molecule has 0 radical (unpaired) electrons. The molecule has 3 rings (SSSR count). The minimum Gasteiger partial charge on any atom is -0.457 e. The first-order valence-corrected chi connectivity index (χ1v) is 9.27. The number of hydrogen-bond acceptors (Lipinski definition) is 5. The average Bonchev–Trinajstić information content (AvgIpc) is 3.17. The third-order valence-electron chi connectivity index (χ3n) is 4.15. The van der Waals surface area contributed by atoms with E-state index in [0.29, 0.717) is 16.3 Å². The van der Waals surface area contributed by atoms with Crippen LogP contribution in [0.1, 0.15) is 11.3 Å². The summed E-state index contributed by atoms with van der Waals surface area (Å²) in [5.74, 6) is -0.158. The number of non-ortho nitro benzene ring substituents is 1. The number of rotatable bonds is 5. The van der Waals surface area contributed by atoms with E-state index in [1.54, 1.807) is 31.2 Å². The average molecular weight is 442 g/mol. The number of nitrogens with one attached hydrogen (secondary N) is 1. The SMILES string of the molecule is Cc1ccc(Cl)cc1NC(=O)/C(C#N)=C/c1ccc(-c2cc([N+](=O)[O-])ccc2Cl)o1. The molecule has 1 amide bonds. The molecular weight excluding hydrogens is 429 g/mol. The van der Waals surface area contributed by atoms with Crippen LogP contribution in [0.5, 0.6) is 0 Å². The van der Waals surface area contributed by atoms with Gasteiger partial charge >= 0.3 is 0 Å². The van der Waals surface area contributed by atoms with Gasteiger partial charge in [-0.25, -0.2) is 0 Å². The van der Waals surface area contributed by atoms with Crippen LogP contribution in [0.4, 0.5) is 11.4 Å². The van der Waals surface area contributed by atoms with E-state index < -0.39 is 10.8 Å². The number of aryl methyl sites for hydroxylation is 1. The number of nitriles is 1. The van der Waals surface area contributed by atoms with Crippen molar-refractivity contribution < 1.29 is 14.1 Å². The van der Waals surface area contributed by atoms with Gasteiger partial charge in [0.15, 0.2) is 0 Å². The lowest BCUT2D eigenvalue weighted by molar-refractivity contribution is -0.384. The van der Waals surface area contributed by atoms with Gasteiger partial charge in [0.2, 0.25) is 0 Å². The largest absolute Gasteiger partial charge is 0.457 e. The van der Waals surface area contributed by atoms with Crippen LogP contribution in [0.2, 0.25) is 10.0 Å². The highest BCUT2D eigenvalue weighted by Gasteiger charge is 2.16. The summed E-state index contributed by atoms with van der Waals surface area (Å²) >= 11 is 12.1. The van der Waals surface area contributed by atoms with Crippen molar-refractivity contribution in [3.05, 3.63) is 85.6 Å². The van der Waals surface area contributed by atoms with Crippen LogP contribution in [0.25, 0.3) is 17.4 Å². The molecule has 1 N–H and O–H groups in total. The van der Waals surface area contributed by atoms with Gasteiger partial charge in [0.05, 0.1) is 9.95 Å². The van der Waals surface area contributed by atoms with Crippen LogP contribution in [0.15, 0.2) is 58.5 Å². The number of nitro benzene ring substituents is 1. The molecule has 0 aliphatic rings. The van der Waals surface area contributed by atoms with E-state index in [-0.39, 0.29) is 27.8 Å². The fourth-order valence-electron chi connectivity index (χ4n) is 2.60. The van der Waals surface area contributed by atoms with Crippen molar-refractivity contribution in [1.29, 1.82) is 5.26 Å². The van der Waals surface area contributed by atoms with Crippen LogP contribution in [0.3, 0.4) is 0 Å². The zero-order valence-electron chi connectivity index (χ0n) is 15.5. The number of benzene rings is 2. The maximum absolute atomic E-state index is 12.5. The van der Waals surface area contributed by atoms with Gasteiger partial charge in [0.1, 0.15) is 23.2 Å². The fourth-order valence-corrected chi connectivity index (χ4v) is 2.98. The molecule has 7 nitrogen and oxygen atoms in total. The molecule has 0 saturated carbocycles. The van der Waals surface area contributed by atoms with Crippen LogP contribution in [-0.2, 0) is 4.79 Å². The molecule has 0 bridgehead atoms. The molecule has 0 aliphatic carbocycles. The second kappa shape index (κ2) is 8.82. The maximum atomic E-state index is 12.5. The molecule has 150 valence electrons. The number of amides is 1.